The molecular weight excluding hydrogens is 196 g/mol. The fourth-order valence-electron chi connectivity index (χ4n) is 1.62. The number of nitrogens with zero attached hydrogens (tertiary/aromatic N) is 1. The fourth-order valence-corrected chi connectivity index (χ4v) is 1.62. The lowest BCUT2D eigenvalue weighted by molar-refractivity contribution is 0.549. The van der Waals surface area contributed by atoms with Gasteiger partial charge in [0.05, 0.1) is 6.07 Å². The van der Waals surface area contributed by atoms with Gasteiger partial charge in [0.15, 0.2) is 0 Å². The van der Waals surface area contributed by atoms with Crippen LogP contribution >= 0.6 is 0 Å². The summed E-state index contributed by atoms with van der Waals surface area (Å²) in [5.74, 6) is 0. The van der Waals surface area contributed by atoms with Gasteiger partial charge < -0.3 is 5.32 Å². The van der Waals surface area contributed by atoms with E-state index >= 15 is 0 Å². The van der Waals surface area contributed by atoms with E-state index < -0.39 is 0 Å². The van der Waals surface area contributed by atoms with Gasteiger partial charge in [-0.05, 0) is 38.8 Å². The largest absolute Gasteiger partial charge is 0.310 e. The monoisotopic (exact) mass is 216 g/mol. The van der Waals surface area contributed by atoms with Crippen molar-refractivity contribution in [2.45, 2.75) is 39.2 Å². The average molecular weight is 216 g/mol. The highest BCUT2D eigenvalue weighted by molar-refractivity contribution is 5.23. The third kappa shape index (κ3) is 4.46. The molecular formula is C14H20N2. The molecule has 0 unspecified atom stereocenters. The Labute approximate surface area is 98.3 Å². The van der Waals surface area contributed by atoms with Gasteiger partial charge >= 0.3 is 0 Å². The molecule has 0 heterocycles. The van der Waals surface area contributed by atoms with E-state index in [1.54, 1.807) is 0 Å². The summed E-state index contributed by atoms with van der Waals surface area (Å²) in [4.78, 5) is 0. The van der Waals surface area contributed by atoms with E-state index in [1.165, 1.54) is 11.1 Å². The molecule has 1 aromatic carbocycles. The van der Waals surface area contributed by atoms with Crippen molar-refractivity contribution >= 4 is 0 Å². The van der Waals surface area contributed by atoms with Gasteiger partial charge in [0.2, 0.25) is 0 Å². The van der Waals surface area contributed by atoms with Gasteiger partial charge in [0.1, 0.15) is 0 Å². The lowest BCUT2D eigenvalue weighted by Crippen LogP contribution is -2.19. The zero-order valence-corrected chi connectivity index (χ0v) is 10.2. The van der Waals surface area contributed by atoms with Crippen LogP contribution in [0.2, 0.25) is 0 Å². The molecule has 0 aliphatic rings. The molecule has 0 saturated carbocycles. The van der Waals surface area contributed by atoms with Crippen LogP contribution < -0.4 is 5.32 Å². The molecule has 1 rings (SSSR count). The van der Waals surface area contributed by atoms with Crippen molar-refractivity contribution in [3.63, 3.8) is 0 Å². The maximum absolute atomic E-state index is 8.41. The summed E-state index contributed by atoms with van der Waals surface area (Å²) in [6, 6.07) is 11.2. The first-order valence-electron chi connectivity index (χ1n) is 5.91. The molecule has 0 bridgehead atoms. The average Bonchev–Trinajstić information content (AvgIpc) is 2.29. The minimum atomic E-state index is 0.391. The first kappa shape index (κ1) is 12.7. The molecule has 0 aromatic heterocycles. The first-order chi connectivity index (χ1) is 7.74. The lowest BCUT2D eigenvalue weighted by Gasteiger charge is -2.14. The number of benzene rings is 1. The summed E-state index contributed by atoms with van der Waals surface area (Å²) in [7, 11) is 0. The minimum Gasteiger partial charge on any atom is -0.310 e. The van der Waals surface area contributed by atoms with Crippen molar-refractivity contribution in [2.75, 3.05) is 6.54 Å². The van der Waals surface area contributed by atoms with Gasteiger partial charge in [0, 0.05) is 12.5 Å². The van der Waals surface area contributed by atoms with E-state index in [9.17, 15) is 0 Å². The van der Waals surface area contributed by atoms with Crippen LogP contribution in [0.1, 0.15) is 43.4 Å². The van der Waals surface area contributed by atoms with Crippen LogP contribution in [0.4, 0.5) is 0 Å². The molecule has 16 heavy (non-hydrogen) atoms. The molecule has 0 radical (unpaired) electrons. The van der Waals surface area contributed by atoms with E-state index in [2.05, 4.69) is 49.5 Å². The van der Waals surface area contributed by atoms with Crippen molar-refractivity contribution in [3.8, 4) is 6.07 Å². The number of aryl methyl sites for hydroxylation is 1. The molecule has 0 saturated heterocycles. The number of unbranched alkanes of at least 4 members (excludes halogenated alkanes) is 2. The summed E-state index contributed by atoms with van der Waals surface area (Å²) < 4.78 is 0. The Morgan fingerprint density at radius 3 is 2.56 bits per heavy atom. The molecule has 0 aliphatic carbocycles. The zero-order valence-electron chi connectivity index (χ0n) is 10.2. The molecule has 1 N–H and O–H groups in total. The van der Waals surface area contributed by atoms with Crippen LogP contribution in [-0.2, 0) is 0 Å². The third-order valence-corrected chi connectivity index (χ3v) is 2.74. The van der Waals surface area contributed by atoms with Gasteiger partial charge in [0.25, 0.3) is 0 Å². The smallest absolute Gasteiger partial charge is 0.0621 e. The minimum absolute atomic E-state index is 0.391. The molecule has 86 valence electrons. The summed E-state index contributed by atoms with van der Waals surface area (Å²) in [5, 5.41) is 11.9. The zero-order chi connectivity index (χ0) is 11.8. The van der Waals surface area contributed by atoms with Crippen molar-refractivity contribution in [3.05, 3.63) is 35.4 Å². The maximum atomic E-state index is 8.41. The van der Waals surface area contributed by atoms with Gasteiger partial charge in [-0.25, -0.2) is 0 Å². The Balaban J connectivity index is 2.27. The van der Waals surface area contributed by atoms with Gasteiger partial charge in [-0.15, -0.1) is 0 Å². The van der Waals surface area contributed by atoms with Gasteiger partial charge in [-0.1, -0.05) is 29.8 Å². The second-order valence-electron chi connectivity index (χ2n) is 4.20. The highest BCUT2D eigenvalue weighted by atomic mass is 14.9. The van der Waals surface area contributed by atoms with Crippen LogP contribution in [0.25, 0.3) is 0 Å². The molecule has 2 nitrogen and oxygen atoms in total. The number of nitrogens with one attached hydrogen (secondary N) is 1. The summed E-state index contributed by atoms with van der Waals surface area (Å²) in [6.07, 6.45) is 2.73. The van der Waals surface area contributed by atoms with Crippen molar-refractivity contribution < 1.29 is 0 Å². The van der Waals surface area contributed by atoms with Gasteiger partial charge in [-0.2, -0.15) is 5.26 Å². The number of hydrogen-bond donors (Lipinski definition) is 1. The number of nitriles is 1. The van der Waals surface area contributed by atoms with E-state index in [1.807, 2.05) is 0 Å². The Hall–Kier alpha value is -1.33. The lowest BCUT2D eigenvalue weighted by atomic mass is 10.1. The molecule has 0 fully saturated rings. The predicted octanol–water partition coefficient (Wildman–Crippen LogP) is 3.34. The normalized spacial score (nSPS) is 12.1. The Kier molecular flexibility index (Phi) is 5.60. The standard InChI is InChI=1S/C14H20N2/c1-12-6-8-14(9-7-12)13(2)16-11-5-3-4-10-15/h6-9,13,16H,3-5,11H2,1-2H3/t13-/m1/s1. The Morgan fingerprint density at radius 2 is 1.94 bits per heavy atom. The van der Waals surface area contributed by atoms with Crippen molar-refractivity contribution in [1.82, 2.24) is 5.32 Å². The van der Waals surface area contributed by atoms with Gasteiger partial charge in [-0.3, -0.25) is 0 Å². The quantitative estimate of drug-likeness (QED) is 0.740. The SMILES string of the molecule is Cc1ccc([C@@H](C)NCCCCC#N)cc1. The predicted molar refractivity (Wildman–Crippen MR) is 67.1 cm³/mol. The molecule has 0 aliphatic heterocycles. The third-order valence-electron chi connectivity index (χ3n) is 2.74. The Bertz CT molecular complexity index is 335. The van der Waals surface area contributed by atoms with Crippen LogP contribution in [0.3, 0.4) is 0 Å². The molecule has 1 aromatic rings. The first-order valence-corrected chi connectivity index (χ1v) is 5.91. The van der Waals surface area contributed by atoms with E-state index in [4.69, 9.17) is 5.26 Å². The molecule has 0 spiro atoms. The van der Waals surface area contributed by atoms with E-state index in [0.29, 0.717) is 12.5 Å². The summed E-state index contributed by atoms with van der Waals surface area (Å²) in [6.45, 7) is 5.26. The van der Waals surface area contributed by atoms with Crippen LogP contribution in [0, 0.1) is 18.3 Å². The van der Waals surface area contributed by atoms with Crippen LogP contribution in [-0.4, -0.2) is 6.54 Å². The second-order valence-corrected chi connectivity index (χ2v) is 4.20. The molecule has 2 heteroatoms. The van der Waals surface area contributed by atoms with Crippen LogP contribution in [0.15, 0.2) is 24.3 Å². The van der Waals surface area contributed by atoms with E-state index in [-0.39, 0.29) is 0 Å². The number of rotatable bonds is 6. The fraction of sp³-hybridized carbons (Fsp3) is 0.500. The summed E-state index contributed by atoms with van der Waals surface area (Å²) >= 11 is 0. The Morgan fingerprint density at radius 1 is 1.25 bits per heavy atom. The topological polar surface area (TPSA) is 35.8 Å². The number of hydrogen-bond acceptors (Lipinski definition) is 2. The van der Waals surface area contributed by atoms with E-state index in [0.717, 1.165) is 19.4 Å². The highest BCUT2D eigenvalue weighted by Gasteiger charge is 2.02. The molecule has 1 atom stereocenters. The van der Waals surface area contributed by atoms with Crippen molar-refractivity contribution in [1.29, 1.82) is 5.26 Å². The maximum Gasteiger partial charge on any atom is 0.0621 e. The molecule has 0 amide bonds. The highest BCUT2D eigenvalue weighted by Crippen LogP contribution is 2.12. The summed E-state index contributed by atoms with van der Waals surface area (Å²) in [5.41, 5.74) is 2.62. The second kappa shape index (κ2) is 7.03. The van der Waals surface area contributed by atoms with Crippen molar-refractivity contribution in [2.24, 2.45) is 0 Å². The van der Waals surface area contributed by atoms with Crippen LogP contribution in [0.5, 0.6) is 0 Å².